The van der Waals surface area contributed by atoms with Crippen molar-refractivity contribution in [3.8, 4) is 0 Å². The fourth-order valence-corrected chi connectivity index (χ4v) is 5.60. The Kier molecular flexibility index (Phi) is 12.8. The quantitative estimate of drug-likeness (QED) is 0.239. The van der Waals surface area contributed by atoms with Gasteiger partial charge in [-0.25, -0.2) is 8.42 Å². The molecule has 2 heterocycles. The van der Waals surface area contributed by atoms with Crippen LogP contribution in [0.2, 0.25) is 0 Å². The van der Waals surface area contributed by atoms with E-state index in [2.05, 4.69) is 20.9 Å². The standard InChI is InChI=1S/C31H47N5O6S/c1-21(2)16-24(10-15-43(5,40)41)33-30(38)27(17-22(3)4)35-31(39)28(34-29(37)20-36-11-13-42-14-12-36)18-23-19-32-26-9-7-6-8-25(23)26/h6-10,15,19,21-22,24,27-28,32H,11-14,16-18,20H2,1-5H3,(H,33,38)(H,34,37)(H,35,39). The summed E-state index contributed by atoms with van der Waals surface area (Å²) in [6.07, 6.45) is 5.54. The summed E-state index contributed by atoms with van der Waals surface area (Å²) in [4.78, 5) is 45.6. The molecule has 11 nitrogen and oxygen atoms in total. The number of fused-ring (bicyclic) bond motifs is 1. The minimum atomic E-state index is -3.38. The summed E-state index contributed by atoms with van der Waals surface area (Å²) in [6, 6.07) is 5.41. The fraction of sp³-hybridized carbons (Fsp3) is 0.581. The zero-order valence-electron chi connectivity index (χ0n) is 25.9. The third-order valence-electron chi connectivity index (χ3n) is 7.17. The molecule has 0 aliphatic carbocycles. The number of aromatic amines is 1. The van der Waals surface area contributed by atoms with E-state index in [-0.39, 0.29) is 30.7 Å². The van der Waals surface area contributed by atoms with E-state index < -0.39 is 39.8 Å². The normalized spacial score (nSPS) is 16.8. The molecule has 2 aromatic rings. The monoisotopic (exact) mass is 617 g/mol. The lowest BCUT2D eigenvalue weighted by Crippen LogP contribution is -2.56. The van der Waals surface area contributed by atoms with Crippen molar-refractivity contribution < 1.29 is 27.5 Å². The SMILES string of the molecule is CC(C)CC(C=CS(C)(=O)=O)NC(=O)C(CC(C)C)NC(=O)C(Cc1c[nH]c2ccccc12)NC(=O)CN1CCOCC1. The topological polar surface area (TPSA) is 150 Å². The number of hydrogen-bond acceptors (Lipinski definition) is 7. The van der Waals surface area contributed by atoms with Gasteiger partial charge < -0.3 is 25.7 Å². The smallest absolute Gasteiger partial charge is 0.243 e. The Balaban J connectivity index is 1.81. The summed E-state index contributed by atoms with van der Waals surface area (Å²) < 4.78 is 28.8. The van der Waals surface area contributed by atoms with E-state index in [0.717, 1.165) is 28.1 Å². The number of carbonyl (C=O) groups excluding carboxylic acids is 3. The first-order chi connectivity index (χ1) is 20.3. The third kappa shape index (κ3) is 11.8. The number of carbonyl (C=O) groups is 3. The average Bonchev–Trinajstić information content (AvgIpc) is 3.33. The van der Waals surface area contributed by atoms with Gasteiger partial charge >= 0.3 is 0 Å². The Hall–Kier alpha value is -3.22. The molecular weight excluding hydrogens is 570 g/mol. The third-order valence-corrected chi connectivity index (χ3v) is 7.82. The van der Waals surface area contributed by atoms with Crippen LogP contribution < -0.4 is 16.0 Å². The molecule has 3 rings (SSSR count). The minimum Gasteiger partial charge on any atom is -0.379 e. The number of ether oxygens (including phenoxy) is 1. The molecule has 0 bridgehead atoms. The van der Waals surface area contributed by atoms with Gasteiger partial charge in [-0.2, -0.15) is 0 Å². The van der Waals surface area contributed by atoms with E-state index in [1.165, 1.54) is 6.08 Å². The van der Waals surface area contributed by atoms with Crippen LogP contribution in [-0.2, 0) is 35.4 Å². The molecule has 3 unspecified atom stereocenters. The average molecular weight is 618 g/mol. The molecule has 0 saturated carbocycles. The molecule has 0 spiro atoms. The van der Waals surface area contributed by atoms with Crippen LogP contribution in [0.15, 0.2) is 41.9 Å². The number of nitrogens with zero attached hydrogens (tertiary/aromatic N) is 1. The molecule has 1 saturated heterocycles. The molecule has 1 aliphatic rings. The van der Waals surface area contributed by atoms with Crippen LogP contribution in [-0.4, -0.2) is 93.3 Å². The van der Waals surface area contributed by atoms with Gasteiger partial charge in [0.05, 0.1) is 19.8 Å². The lowest BCUT2D eigenvalue weighted by atomic mass is 9.99. The molecule has 1 fully saturated rings. The zero-order valence-corrected chi connectivity index (χ0v) is 26.7. The van der Waals surface area contributed by atoms with Crippen molar-refractivity contribution in [2.24, 2.45) is 11.8 Å². The van der Waals surface area contributed by atoms with Gasteiger partial charge in [-0.15, -0.1) is 0 Å². The molecule has 1 aromatic carbocycles. The number of aromatic nitrogens is 1. The van der Waals surface area contributed by atoms with Gasteiger partial charge in [0, 0.05) is 54.3 Å². The van der Waals surface area contributed by atoms with Crippen molar-refractivity contribution in [1.29, 1.82) is 0 Å². The second-order valence-electron chi connectivity index (χ2n) is 12.2. The molecule has 238 valence electrons. The summed E-state index contributed by atoms with van der Waals surface area (Å²) >= 11 is 0. The second kappa shape index (κ2) is 16.0. The number of morpholine rings is 1. The Morgan fingerprint density at radius 2 is 1.60 bits per heavy atom. The van der Waals surface area contributed by atoms with E-state index in [1.807, 2.05) is 63.1 Å². The summed E-state index contributed by atoms with van der Waals surface area (Å²) in [7, 11) is -3.38. The van der Waals surface area contributed by atoms with Gasteiger partial charge in [0.25, 0.3) is 0 Å². The Labute approximate surface area is 255 Å². The maximum atomic E-state index is 13.8. The van der Waals surface area contributed by atoms with Crippen LogP contribution >= 0.6 is 0 Å². The highest BCUT2D eigenvalue weighted by Gasteiger charge is 2.29. The Morgan fingerprint density at radius 1 is 0.953 bits per heavy atom. The fourth-order valence-electron chi connectivity index (χ4n) is 5.12. The van der Waals surface area contributed by atoms with Gasteiger partial charge in [0.15, 0.2) is 9.84 Å². The van der Waals surface area contributed by atoms with Crippen LogP contribution in [0.25, 0.3) is 10.9 Å². The van der Waals surface area contributed by atoms with Gasteiger partial charge in [-0.1, -0.05) is 52.0 Å². The molecule has 43 heavy (non-hydrogen) atoms. The van der Waals surface area contributed by atoms with E-state index in [4.69, 9.17) is 4.74 Å². The van der Waals surface area contributed by atoms with Crippen LogP contribution in [0.4, 0.5) is 0 Å². The Morgan fingerprint density at radius 3 is 2.26 bits per heavy atom. The van der Waals surface area contributed by atoms with Crippen LogP contribution in [0, 0.1) is 11.8 Å². The van der Waals surface area contributed by atoms with Gasteiger partial charge in [0.1, 0.15) is 12.1 Å². The van der Waals surface area contributed by atoms with Crippen molar-refractivity contribution in [1.82, 2.24) is 25.8 Å². The summed E-state index contributed by atoms with van der Waals surface area (Å²) in [5, 5.41) is 10.8. The van der Waals surface area contributed by atoms with E-state index in [0.29, 0.717) is 39.1 Å². The van der Waals surface area contributed by atoms with E-state index >= 15 is 0 Å². The highest BCUT2D eigenvalue weighted by atomic mass is 32.2. The number of benzene rings is 1. The predicted octanol–water partition coefficient (Wildman–Crippen LogP) is 2.15. The second-order valence-corrected chi connectivity index (χ2v) is 14.1. The number of H-pyrrole nitrogens is 1. The van der Waals surface area contributed by atoms with Crippen molar-refractivity contribution >= 4 is 38.5 Å². The molecule has 3 atom stereocenters. The summed E-state index contributed by atoms with van der Waals surface area (Å²) in [6.45, 7) is 10.4. The molecule has 0 radical (unpaired) electrons. The van der Waals surface area contributed by atoms with Crippen LogP contribution in [0.3, 0.4) is 0 Å². The number of sulfone groups is 1. The number of hydrogen-bond donors (Lipinski definition) is 4. The van der Waals surface area contributed by atoms with E-state index in [9.17, 15) is 22.8 Å². The first-order valence-electron chi connectivity index (χ1n) is 14.9. The number of amides is 3. The number of nitrogens with one attached hydrogen (secondary N) is 4. The highest BCUT2D eigenvalue weighted by molar-refractivity contribution is 7.93. The predicted molar refractivity (Wildman–Crippen MR) is 168 cm³/mol. The molecule has 12 heteroatoms. The summed E-state index contributed by atoms with van der Waals surface area (Å²) in [5.74, 6) is -0.886. The molecular formula is C31H47N5O6S. The maximum Gasteiger partial charge on any atom is 0.243 e. The van der Waals surface area contributed by atoms with Gasteiger partial charge in [-0.05, 0) is 36.3 Å². The first kappa shape index (κ1) is 34.3. The zero-order chi connectivity index (χ0) is 31.6. The van der Waals surface area contributed by atoms with Gasteiger partial charge in [0.2, 0.25) is 17.7 Å². The molecule has 1 aromatic heterocycles. The van der Waals surface area contributed by atoms with Crippen LogP contribution in [0.5, 0.6) is 0 Å². The van der Waals surface area contributed by atoms with Crippen molar-refractivity contribution in [2.75, 3.05) is 39.1 Å². The Bertz CT molecular complexity index is 1360. The molecule has 1 aliphatic heterocycles. The van der Waals surface area contributed by atoms with Crippen molar-refractivity contribution in [2.45, 2.75) is 65.1 Å². The van der Waals surface area contributed by atoms with E-state index in [1.54, 1.807) is 0 Å². The van der Waals surface area contributed by atoms with Crippen LogP contribution in [0.1, 0.15) is 46.1 Å². The van der Waals surface area contributed by atoms with Crippen molar-refractivity contribution in [3.05, 3.63) is 47.5 Å². The highest BCUT2D eigenvalue weighted by Crippen LogP contribution is 2.19. The largest absolute Gasteiger partial charge is 0.379 e. The van der Waals surface area contributed by atoms with Gasteiger partial charge in [-0.3, -0.25) is 19.3 Å². The molecule has 3 amide bonds. The lowest BCUT2D eigenvalue weighted by molar-refractivity contribution is -0.133. The molecule has 4 N–H and O–H groups in total. The maximum absolute atomic E-state index is 13.8. The number of para-hydroxylation sites is 1. The number of rotatable bonds is 15. The minimum absolute atomic E-state index is 0.0779. The lowest BCUT2D eigenvalue weighted by Gasteiger charge is -2.28. The summed E-state index contributed by atoms with van der Waals surface area (Å²) in [5.41, 5.74) is 1.79. The van der Waals surface area contributed by atoms with Crippen molar-refractivity contribution in [3.63, 3.8) is 0 Å². The first-order valence-corrected chi connectivity index (χ1v) is 16.9.